The second-order valence-corrected chi connectivity index (χ2v) is 5.09. The van der Waals surface area contributed by atoms with Crippen LogP contribution in [-0.4, -0.2) is 50.1 Å². The molecule has 0 aromatic carbocycles. The van der Waals surface area contributed by atoms with Gasteiger partial charge >= 0.3 is 0 Å². The molecular weight excluding hydrogens is 252 g/mol. The van der Waals surface area contributed by atoms with Gasteiger partial charge in [0.05, 0.1) is 12.8 Å². The maximum atomic E-state index is 5.31. The fourth-order valence-corrected chi connectivity index (χ4v) is 1.68. The van der Waals surface area contributed by atoms with Gasteiger partial charge in [-0.2, -0.15) is 0 Å². The molecule has 20 heavy (non-hydrogen) atoms. The lowest BCUT2D eigenvalue weighted by Gasteiger charge is -2.20. The largest absolute Gasteiger partial charge is 0.469 e. The van der Waals surface area contributed by atoms with Gasteiger partial charge in [0.2, 0.25) is 0 Å². The van der Waals surface area contributed by atoms with Crippen LogP contribution in [0.25, 0.3) is 0 Å². The number of hydrogen-bond acceptors (Lipinski definition) is 3. The molecule has 0 fully saturated rings. The van der Waals surface area contributed by atoms with Crippen molar-refractivity contribution in [2.45, 2.75) is 33.2 Å². The Morgan fingerprint density at radius 1 is 1.40 bits per heavy atom. The molecule has 0 bridgehead atoms. The number of rotatable bonds is 8. The Kier molecular flexibility index (Phi) is 7.80. The van der Waals surface area contributed by atoms with Gasteiger partial charge < -0.3 is 20.0 Å². The molecule has 0 amide bonds. The summed E-state index contributed by atoms with van der Waals surface area (Å²) >= 11 is 0. The second-order valence-electron chi connectivity index (χ2n) is 5.09. The van der Waals surface area contributed by atoms with E-state index < -0.39 is 0 Å². The average Bonchev–Trinajstić information content (AvgIpc) is 2.91. The van der Waals surface area contributed by atoms with Crippen molar-refractivity contribution in [2.24, 2.45) is 4.99 Å². The minimum Gasteiger partial charge on any atom is -0.469 e. The molecule has 0 saturated heterocycles. The predicted octanol–water partition coefficient (Wildman–Crippen LogP) is 1.72. The Bertz CT molecular complexity index is 373. The number of nitrogens with zero attached hydrogens (tertiary/aromatic N) is 2. The van der Waals surface area contributed by atoms with Crippen LogP contribution in [0.2, 0.25) is 0 Å². The average molecular weight is 280 g/mol. The number of guanidine groups is 1. The molecular formula is C15H28N4O. The van der Waals surface area contributed by atoms with Crippen LogP contribution in [0.4, 0.5) is 0 Å². The first-order valence-electron chi connectivity index (χ1n) is 7.38. The van der Waals surface area contributed by atoms with Crippen molar-refractivity contribution in [1.82, 2.24) is 15.5 Å². The quantitative estimate of drug-likeness (QED) is 0.562. The number of hydrogen-bond donors (Lipinski definition) is 2. The summed E-state index contributed by atoms with van der Waals surface area (Å²) in [6.45, 7) is 9.90. The summed E-state index contributed by atoms with van der Waals surface area (Å²) in [5.41, 5.74) is 0. The van der Waals surface area contributed by atoms with E-state index in [0.717, 1.165) is 44.3 Å². The van der Waals surface area contributed by atoms with E-state index in [1.807, 2.05) is 12.1 Å². The lowest BCUT2D eigenvalue weighted by Crippen LogP contribution is -2.39. The van der Waals surface area contributed by atoms with Crippen molar-refractivity contribution in [1.29, 1.82) is 0 Å². The van der Waals surface area contributed by atoms with Crippen LogP contribution in [-0.2, 0) is 6.42 Å². The molecule has 0 saturated carbocycles. The van der Waals surface area contributed by atoms with Crippen LogP contribution in [0.3, 0.4) is 0 Å². The van der Waals surface area contributed by atoms with Gasteiger partial charge in [0.1, 0.15) is 5.76 Å². The molecule has 5 heteroatoms. The molecule has 0 unspecified atom stereocenters. The van der Waals surface area contributed by atoms with E-state index in [-0.39, 0.29) is 0 Å². The minimum atomic E-state index is 0.555. The van der Waals surface area contributed by atoms with Gasteiger partial charge in [0.25, 0.3) is 0 Å². The summed E-state index contributed by atoms with van der Waals surface area (Å²) in [4.78, 5) is 6.86. The number of aliphatic imine (C=N–C) groups is 1. The number of likely N-dealkylation sites (N-methyl/N-ethyl adjacent to an activating group) is 1. The molecule has 114 valence electrons. The predicted molar refractivity (Wildman–Crippen MR) is 84.2 cm³/mol. The molecule has 1 rings (SSSR count). The summed E-state index contributed by atoms with van der Waals surface area (Å²) in [7, 11) is 2.12. The molecule has 1 aromatic rings. The third kappa shape index (κ3) is 6.61. The molecule has 5 nitrogen and oxygen atoms in total. The van der Waals surface area contributed by atoms with Crippen molar-refractivity contribution >= 4 is 5.96 Å². The van der Waals surface area contributed by atoms with Crippen LogP contribution in [0.1, 0.15) is 26.5 Å². The summed E-state index contributed by atoms with van der Waals surface area (Å²) in [5, 5.41) is 6.58. The molecule has 0 aliphatic rings. The molecule has 1 heterocycles. The zero-order valence-electron chi connectivity index (χ0n) is 13.1. The first kappa shape index (κ1) is 16.6. The van der Waals surface area contributed by atoms with Crippen LogP contribution < -0.4 is 10.6 Å². The van der Waals surface area contributed by atoms with Gasteiger partial charge in [0.15, 0.2) is 5.96 Å². The monoisotopic (exact) mass is 280 g/mol. The van der Waals surface area contributed by atoms with Gasteiger partial charge in [-0.15, -0.1) is 0 Å². The third-order valence-corrected chi connectivity index (χ3v) is 3.19. The van der Waals surface area contributed by atoms with E-state index in [0.29, 0.717) is 6.04 Å². The highest BCUT2D eigenvalue weighted by Gasteiger charge is 2.02. The maximum Gasteiger partial charge on any atom is 0.191 e. The van der Waals surface area contributed by atoms with E-state index in [9.17, 15) is 0 Å². The molecule has 0 spiro atoms. The highest BCUT2D eigenvalue weighted by Crippen LogP contribution is 1.99. The Morgan fingerprint density at radius 2 is 2.20 bits per heavy atom. The fraction of sp³-hybridized carbons (Fsp3) is 0.667. The van der Waals surface area contributed by atoms with Crippen LogP contribution in [0.15, 0.2) is 27.8 Å². The lowest BCUT2D eigenvalue weighted by molar-refractivity contribution is 0.282. The van der Waals surface area contributed by atoms with E-state index in [2.05, 4.69) is 48.3 Å². The lowest BCUT2D eigenvalue weighted by atomic mass is 10.3. The Balaban J connectivity index is 2.31. The molecule has 0 atom stereocenters. The Morgan fingerprint density at radius 3 is 2.80 bits per heavy atom. The van der Waals surface area contributed by atoms with E-state index >= 15 is 0 Å². The van der Waals surface area contributed by atoms with Gasteiger partial charge in [-0.05, 0) is 40.0 Å². The van der Waals surface area contributed by atoms with Crippen molar-refractivity contribution in [2.75, 3.05) is 33.2 Å². The maximum absolute atomic E-state index is 5.31. The van der Waals surface area contributed by atoms with E-state index in [1.165, 1.54) is 0 Å². The van der Waals surface area contributed by atoms with Gasteiger partial charge in [-0.25, -0.2) is 0 Å². The number of furan rings is 1. The van der Waals surface area contributed by atoms with E-state index in [1.54, 1.807) is 6.26 Å². The zero-order valence-corrected chi connectivity index (χ0v) is 13.1. The first-order valence-corrected chi connectivity index (χ1v) is 7.38. The second kappa shape index (κ2) is 9.42. The van der Waals surface area contributed by atoms with Crippen molar-refractivity contribution < 1.29 is 4.42 Å². The third-order valence-electron chi connectivity index (χ3n) is 3.19. The fourth-order valence-electron chi connectivity index (χ4n) is 1.68. The zero-order chi connectivity index (χ0) is 14.8. The summed E-state index contributed by atoms with van der Waals surface area (Å²) in [6.07, 6.45) is 2.57. The summed E-state index contributed by atoms with van der Waals surface area (Å²) in [5.74, 6) is 1.86. The minimum absolute atomic E-state index is 0.555. The van der Waals surface area contributed by atoms with Crippen molar-refractivity contribution in [3.63, 3.8) is 0 Å². The van der Waals surface area contributed by atoms with Crippen LogP contribution >= 0.6 is 0 Å². The summed E-state index contributed by atoms with van der Waals surface area (Å²) in [6, 6.07) is 4.46. The van der Waals surface area contributed by atoms with Gasteiger partial charge in [0, 0.05) is 32.1 Å². The van der Waals surface area contributed by atoms with Crippen molar-refractivity contribution in [3.8, 4) is 0 Å². The Labute approximate surface area is 122 Å². The molecule has 1 aromatic heterocycles. The number of nitrogens with one attached hydrogen (secondary N) is 2. The summed E-state index contributed by atoms with van der Waals surface area (Å²) < 4.78 is 5.31. The van der Waals surface area contributed by atoms with Crippen molar-refractivity contribution in [3.05, 3.63) is 24.2 Å². The van der Waals surface area contributed by atoms with Gasteiger partial charge in [-0.3, -0.25) is 4.99 Å². The topological polar surface area (TPSA) is 52.8 Å². The highest BCUT2D eigenvalue weighted by molar-refractivity contribution is 5.79. The van der Waals surface area contributed by atoms with Crippen LogP contribution in [0, 0.1) is 0 Å². The SMILES string of the molecule is CCNC(=NCCN(C)C(C)C)NCCc1ccco1. The smallest absolute Gasteiger partial charge is 0.191 e. The molecule has 0 aliphatic heterocycles. The normalized spacial score (nSPS) is 12.2. The highest BCUT2D eigenvalue weighted by atomic mass is 16.3. The van der Waals surface area contributed by atoms with Crippen LogP contribution in [0.5, 0.6) is 0 Å². The van der Waals surface area contributed by atoms with E-state index in [4.69, 9.17) is 4.42 Å². The Hall–Kier alpha value is -1.49. The molecule has 0 aliphatic carbocycles. The first-order chi connectivity index (χ1) is 9.63. The molecule has 2 N–H and O–H groups in total. The van der Waals surface area contributed by atoms with Gasteiger partial charge in [-0.1, -0.05) is 0 Å². The molecule has 0 radical (unpaired) electrons. The standard InChI is InChI=1S/C15H28N4O/c1-5-16-15(18-10-11-19(4)13(2)3)17-9-8-14-7-6-12-20-14/h6-7,12-13H,5,8-11H2,1-4H3,(H2,16,17,18).